The Labute approximate surface area is 305 Å². The van der Waals surface area contributed by atoms with Crippen molar-refractivity contribution in [3.63, 3.8) is 0 Å². The molecular weight excluding hydrogens is 642 g/mol. The molecule has 0 bridgehead atoms. The molecule has 9 heteroatoms. The summed E-state index contributed by atoms with van der Waals surface area (Å²) in [6, 6.07) is 12.0. The van der Waals surface area contributed by atoms with E-state index in [9.17, 15) is 14.4 Å². The van der Waals surface area contributed by atoms with E-state index in [1.807, 2.05) is 0 Å². The Morgan fingerprint density at radius 2 is 0.765 bits per heavy atom. The SMILES string of the molecule is CC1(C)CC(OC(=O)c2ccc(-c3c(C(=O)OC4CC(C)(C)NC(C)(C)C4)cccc3C(=O)OC3CC(C)(C)NC(C)(C)C3)cc2)CC(C)(C)N1. The zero-order valence-corrected chi connectivity index (χ0v) is 33.0. The maximum atomic E-state index is 14.1. The van der Waals surface area contributed by atoms with Gasteiger partial charge in [0, 0.05) is 77.3 Å². The number of hydrogen-bond acceptors (Lipinski definition) is 9. The van der Waals surface area contributed by atoms with Crippen molar-refractivity contribution in [2.45, 2.75) is 173 Å². The molecule has 2 aromatic carbocycles. The van der Waals surface area contributed by atoms with Crippen molar-refractivity contribution in [2.24, 2.45) is 0 Å². The average molecular weight is 704 g/mol. The molecule has 5 rings (SSSR count). The van der Waals surface area contributed by atoms with Gasteiger partial charge in [0.1, 0.15) is 18.3 Å². The van der Waals surface area contributed by atoms with Crippen LogP contribution in [0.15, 0.2) is 42.5 Å². The first kappa shape index (κ1) is 38.9. The lowest BCUT2D eigenvalue weighted by Gasteiger charge is -2.46. The second-order valence-corrected chi connectivity index (χ2v) is 19.3. The van der Waals surface area contributed by atoms with E-state index in [0.29, 0.717) is 55.2 Å². The van der Waals surface area contributed by atoms with Crippen molar-refractivity contribution in [3.8, 4) is 11.1 Å². The number of nitrogens with one attached hydrogen (secondary N) is 3. The van der Waals surface area contributed by atoms with E-state index < -0.39 is 17.9 Å². The molecule has 0 amide bonds. The highest BCUT2D eigenvalue weighted by molar-refractivity contribution is 6.06. The first-order chi connectivity index (χ1) is 23.3. The topological polar surface area (TPSA) is 115 Å². The number of carbonyl (C=O) groups excluding carboxylic acids is 3. The van der Waals surface area contributed by atoms with Gasteiger partial charge in [-0.1, -0.05) is 18.2 Å². The molecule has 0 spiro atoms. The lowest BCUT2D eigenvalue weighted by molar-refractivity contribution is -0.00795. The van der Waals surface area contributed by atoms with Gasteiger partial charge in [0.05, 0.1) is 16.7 Å². The van der Waals surface area contributed by atoms with Crippen LogP contribution in [0.4, 0.5) is 0 Å². The fourth-order valence-corrected chi connectivity index (χ4v) is 9.56. The molecule has 3 saturated heterocycles. The van der Waals surface area contributed by atoms with E-state index >= 15 is 0 Å². The maximum Gasteiger partial charge on any atom is 0.339 e. The predicted molar refractivity (Wildman–Crippen MR) is 201 cm³/mol. The summed E-state index contributed by atoms with van der Waals surface area (Å²) in [5.74, 6) is -1.40. The van der Waals surface area contributed by atoms with Crippen LogP contribution in [0, 0.1) is 0 Å². The van der Waals surface area contributed by atoms with Crippen molar-refractivity contribution >= 4 is 17.9 Å². The fourth-order valence-electron chi connectivity index (χ4n) is 9.56. The van der Waals surface area contributed by atoms with E-state index in [2.05, 4.69) is 99.0 Å². The van der Waals surface area contributed by atoms with Gasteiger partial charge in [-0.25, -0.2) is 14.4 Å². The lowest BCUT2D eigenvalue weighted by atomic mass is 9.81. The van der Waals surface area contributed by atoms with E-state index in [4.69, 9.17) is 14.2 Å². The van der Waals surface area contributed by atoms with Gasteiger partial charge in [-0.05, 0) is 113 Å². The van der Waals surface area contributed by atoms with Gasteiger partial charge < -0.3 is 30.2 Å². The van der Waals surface area contributed by atoms with Crippen LogP contribution in [0.2, 0.25) is 0 Å². The first-order valence-corrected chi connectivity index (χ1v) is 18.6. The second-order valence-electron chi connectivity index (χ2n) is 19.3. The van der Waals surface area contributed by atoms with Crippen molar-refractivity contribution in [1.82, 2.24) is 16.0 Å². The van der Waals surface area contributed by atoms with Crippen LogP contribution < -0.4 is 16.0 Å². The molecule has 0 aromatic heterocycles. The summed E-state index contributed by atoms with van der Waals surface area (Å²) in [5, 5.41) is 10.9. The zero-order valence-electron chi connectivity index (χ0n) is 33.0. The number of esters is 3. The summed E-state index contributed by atoms with van der Waals surface area (Å²) in [6.07, 6.45) is 3.19. The Morgan fingerprint density at radius 3 is 1.08 bits per heavy atom. The van der Waals surface area contributed by atoms with Crippen molar-refractivity contribution in [3.05, 3.63) is 59.2 Å². The zero-order chi connectivity index (χ0) is 37.8. The minimum atomic E-state index is -0.498. The molecule has 3 aliphatic rings. The molecule has 3 aliphatic heterocycles. The van der Waals surface area contributed by atoms with Crippen LogP contribution in [0.3, 0.4) is 0 Å². The van der Waals surface area contributed by atoms with Crippen LogP contribution in [0.1, 0.15) is 153 Å². The van der Waals surface area contributed by atoms with Crippen LogP contribution in [-0.4, -0.2) is 69.5 Å². The largest absolute Gasteiger partial charge is 0.459 e. The molecule has 0 unspecified atom stereocenters. The van der Waals surface area contributed by atoms with E-state index in [0.717, 1.165) is 0 Å². The Bertz CT molecular complexity index is 1520. The number of carbonyl (C=O) groups is 3. The summed E-state index contributed by atoms with van der Waals surface area (Å²) in [7, 11) is 0. The van der Waals surface area contributed by atoms with Gasteiger partial charge in [-0.15, -0.1) is 0 Å². The molecule has 3 heterocycles. The Morgan fingerprint density at radius 1 is 0.471 bits per heavy atom. The van der Waals surface area contributed by atoms with Crippen molar-refractivity contribution in [1.29, 1.82) is 0 Å². The minimum absolute atomic E-state index is 0.167. The summed E-state index contributed by atoms with van der Waals surface area (Å²) < 4.78 is 18.4. The van der Waals surface area contributed by atoms with Gasteiger partial charge >= 0.3 is 17.9 Å². The van der Waals surface area contributed by atoms with Crippen LogP contribution >= 0.6 is 0 Å². The molecule has 51 heavy (non-hydrogen) atoms. The monoisotopic (exact) mass is 703 g/mol. The number of rotatable bonds is 7. The molecule has 0 aliphatic carbocycles. The van der Waals surface area contributed by atoms with E-state index in [1.165, 1.54) is 0 Å². The van der Waals surface area contributed by atoms with E-state index in [1.54, 1.807) is 42.5 Å². The Kier molecular flexibility index (Phi) is 10.4. The molecular formula is C42H61N3O6. The summed E-state index contributed by atoms with van der Waals surface area (Å²) in [6.45, 7) is 25.4. The molecule has 9 nitrogen and oxygen atoms in total. The smallest absolute Gasteiger partial charge is 0.339 e. The van der Waals surface area contributed by atoms with Crippen molar-refractivity contribution in [2.75, 3.05) is 0 Å². The highest BCUT2D eigenvalue weighted by Crippen LogP contribution is 2.36. The fraction of sp³-hybridized carbons (Fsp3) is 0.643. The lowest BCUT2D eigenvalue weighted by Crippen LogP contribution is -2.59. The van der Waals surface area contributed by atoms with Gasteiger partial charge in [0.2, 0.25) is 0 Å². The Balaban J connectivity index is 1.46. The molecule has 280 valence electrons. The quantitative estimate of drug-likeness (QED) is 0.197. The third-order valence-electron chi connectivity index (χ3n) is 10.2. The van der Waals surface area contributed by atoms with Gasteiger partial charge in [-0.3, -0.25) is 0 Å². The van der Waals surface area contributed by atoms with Gasteiger partial charge in [-0.2, -0.15) is 0 Å². The van der Waals surface area contributed by atoms with Crippen LogP contribution in [0.5, 0.6) is 0 Å². The van der Waals surface area contributed by atoms with Crippen LogP contribution in [0.25, 0.3) is 11.1 Å². The maximum absolute atomic E-state index is 14.1. The molecule has 0 radical (unpaired) electrons. The summed E-state index contributed by atoms with van der Waals surface area (Å²) in [5.41, 5.74) is 0.764. The predicted octanol–water partition coefficient (Wildman–Crippen LogP) is 7.75. The molecule has 0 atom stereocenters. The average Bonchev–Trinajstić information content (AvgIpc) is 2.91. The summed E-state index contributed by atoms with van der Waals surface area (Å²) >= 11 is 0. The molecule has 3 fully saturated rings. The highest BCUT2D eigenvalue weighted by Gasteiger charge is 2.42. The number of hydrogen-bond donors (Lipinski definition) is 3. The first-order valence-electron chi connectivity index (χ1n) is 18.6. The number of ether oxygens (including phenoxy) is 3. The minimum Gasteiger partial charge on any atom is -0.459 e. The number of benzene rings is 2. The van der Waals surface area contributed by atoms with Gasteiger partial charge in [0.15, 0.2) is 0 Å². The molecule has 3 N–H and O–H groups in total. The molecule has 0 saturated carbocycles. The second kappa shape index (κ2) is 13.6. The van der Waals surface area contributed by atoms with Gasteiger partial charge in [0.25, 0.3) is 0 Å². The summed E-state index contributed by atoms with van der Waals surface area (Å²) in [4.78, 5) is 41.6. The van der Waals surface area contributed by atoms with Crippen molar-refractivity contribution < 1.29 is 28.6 Å². The normalized spacial score (nSPS) is 23.9. The van der Waals surface area contributed by atoms with E-state index in [-0.39, 0.29) is 62.7 Å². The number of piperidine rings is 3. The standard InChI is InChI=1S/C42H61N3O6/c1-37(2)20-28(21-38(3,4)43-37)49-34(46)27-18-16-26(17-19-27)33-31(35(47)50-29-22-39(5,6)44-40(7,8)23-29)14-13-15-32(33)36(48)51-30-24-41(9,10)45-42(11,12)25-30/h13-19,28-30,43-45H,20-25H2,1-12H3. The Hall–Kier alpha value is -3.27. The highest BCUT2D eigenvalue weighted by atomic mass is 16.6. The third-order valence-corrected chi connectivity index (χ3v) is 10.2. The third kappa shape index (κ3) is 9.99. The molecule has 2 aromatic rings. The van der Waals surface area contributed by atoms with Crippen LogP contribution in [-0.2, 0) is 14.2 Å².